The third kappa shape index (κ3) is 3.70. The Morgan fingerprint density at radius 2 is 2.11 bits per heavy atom. The fourth-order valence-electron chi connectivity index (χ4n) is 1.70. The van der Waals surface area contributed by atoms with Gasteiger partial charge in [0.15, 0.2) is 5.43 Å². The van der Waals surface area contributed by atoms with Gasteiger partial charge in [0.2, 0.25) is 0 Å². The number of nitrogens with one attached hydrogen (secondary N) is 1. The van der Waals surface area contributed by atoms with Crippen LogP contribution in [0.25, 0.3) is 0 Å². The molecule has 0 spiro atoms. The molecule has 5 nitrogen and oxygen atoms in total. The van der Waals surface area contributed by atoms with Gasteiger partial charge in [-0.15, -0.1) is 0 Å². The van der Waals surface area contributed by atoms with Gasteiger partial charge in [0, 0.05) is 31.0 Å². The largest absolute Gasteiger partial charge is 0.389 e. The Morgan fingerprint density at radius 1 is 1.50 bits per heavy atom. The van der Waals surface area contributed by atoms with Crippen molar-refractivity contribution in [3.05, 3.63) is 33.7 Å². The highest BCUT2D eigenvalue weighted by molar-refractivity contribution is 5.93. The van der Waals surface area contributed by atoms with E-state index in [4.69, 9.17) is 0 Å². The lowest BCUT2D eigenvalue weighted by Crippen LogP contribution is -2.43. The van der Waals surface area contributed by atoms with Gasteiger partial charge in [-0.25, -0.2) is 0 Å². The molecule has 100 valence electrons. The number of likely N-dealkylation sites (N-methyl/N-ethyl adjacent to an activating group) is 1. The number of carbonyl (C=O) groups is 1. The Labute approximate surface area is 106 Å². The molecule has 0 fully saturated rings. The molecule has 0 saturated heterocycles. The summed E-state index contributed by atoms with van der Waals surface area (Å²) in [5.74, 6) is -0.360. The first kappa shape index (κ1) is 14.4. The van der Waals surface area contributed by atoms with Crippen LogP contribution in [0.15, 0.2) is 17.1 Å². The Balaban J connectivity index is 3.01. The van der Waals surface area contributed by atoms with Crippen molar-refractivity contribution < 1.29 is 9.90 Å². The zero-order chi connectivity index (χ0) is 13.9. The standard InChI is InChI=1S/C13H20N2O3/c1-5-15(8-13(3,4)18)12(17)10-7-14-9(2)6-11(10)16/h6-7,18H,5,8H2,1-4H3,(H,14,16). The molecule has 2 N–H and O–H groups in total. The van der Waals surface area contributed by atoms with Crippen LogP contribution in [0.2, 0.25) is 0 Å². The zero-order valence-electron chi connectivity index (χ0n) is 11.3. The smallest absolute Gasteiger partial charge is 0.259 e. The predicted molar refractivity (Wildman–Crippen MR) is 69.7 cm³/mol. The lowest BCUT2D eigenvalue weighted by atomic mass is 10.1. The molecule has 1 amide bonds. The highest BCUT2D eigenvalue weighted by Crippen LogP contribution is 2.08. The van der Waals surface area contributed by atoms with Crippen LogP contribution in [0.5, 0.6) is 0 Å². The fraction of sp³-hybridized carbons (Fsp3) is 0.538. The number of H-pyrrole nitrogens is 1. The molecule has 1 heterocycles. The lowest BCUT2D eigenvalue weighted by molar-refractivity contribution is 0.0314. The summed E-state index contributed by atoms with van der Waals surface area (Å²) in [6.45, 7) is 7.45. The monoisotopic (exact) mass is 252 g/mol. The second-order valence-corrected chi connectivity index (χ2v) is 5.03. The van der Waals surface area contributed by atoms with Gasteiger partial charge in [0.25, 0.3) is 5.91 Å². The van der Waals surface area contributed by atoms with Crippen LogP contribution in [-0.4, -0.2) is 39.6 Å². The van der Waals surface area contributed by atoms with Crippen molar-refractivity contribution in [2.75, 3.05) is 13.1 Å². The lowest BCUT2D eigenvalue weighted by Gasteiger charge is -2.27. The van der Waals surface area contributed by atoms with Gasteiger partial charge >= 0.3 is 0 Å². The van der Waals surface area contributed by atoms with Gasteiger partial charge < -0.3 is 15.0 Å². The van der Waals surface area contributed by atoms with E-state index in [1.165, 1.54) is 17.2 Å². The van der Waals surface area contributed by atoms with Crippen LogP contribution in [0.1, 0.15) is 36.8 Å². The number of hydrogen-bond acceptors (Lipinski definition) is 3. The maximum atomic E-state index is 12.2. The van der Waals surface area contributed by atoms with E-state index in [2.05, 4.69) is 4.98 Å². The second kappa shape index (κ2) is 5.35. The van der Waals surface area contributed by atoms with Crippen LogP contribution in [0.3, 0.4) is 0 Å². The number of aryl methyl sites for hydroxylation is 1. The van der Waals surface area contributed by atoms with Crippen molar-refractivity contribution >= 4 is 5.91 Å². The summed E-state index contributed by atoms with van der Waals surface area (Å²) >= 11 is 0. The van der Waals surface area contributed by atoms with E-state index in [-0.39, 0.29) is 23.4 Å². The number of pyridine rings is 1. The van der Waals surface area contributed by atoms with E-state index in [9.17, 15) is 14.7 Å². The Hall–Kier alpha value is -1.62. The maximum Gasteiger partial charge on any atom is 0.259 e. The topological polar surface area (TPSA) is 73.4 Å². The van der Waals surface area contributed by atoms with Crippen molar-refractivity contribution in [3.8, 4) is 0 Å². The van der Waals surface area contributed by atoms with Gasteiger partial charge in [-0.05, 0) is 27.7 Å². The summed E-state index contributed by atoms with van der Waals surface area (Å²) in [6.07, 6.45) is 1.42. The zero-order valence-corrected chi connectivity index (χ0v) is 11.3. The average molecular weight is 252 g/mol. The molecule has 0 bridgehead atoms. The number of aromatic amines is 1. The molecule has 0 aliphatic heterocycles. The number of aliphatic hydroxyl groups is 1. The third-order valence-corrected chi connectivity index (χ3v) is 2.53. The summed E-state index contributed by atoms with van der Waals surface area (Å²) in [6, 6.07) is 1.39. The summed E-state index contributed by atoms with van der Waals surface area (Å²) in [5, 5.41) is 9.75. The van der Waals surface area contributed by atoms with Crippen LogP contribution >= 0.6 is 0 Å². The minimum Gasteiger partial charge on any atom is -0.389 e. The molecular formula is C13H20N2O3. The molecule has 0 aliphatic rings. The molecular weight excluding hydrogens is 232 g/mol. The maximum absolute atomic E-state index is 12.2. The predicted octanol–water partition coefficient (Wildman–Crippen LogP) is 0.916. The Morgan fingerprint density at radius 3 is 2.56 bits per heavy atom. The summed E-state index contributed by atoms with van der Waals surface area (Å²) in [5.41, 5.74) is -0.470. The first-order valence-corrected chi connectivity index (χ1v) is 5.95. The number of carbonyl (C=O) groups excluding carboxylic acids is 1. The second-order valence-electron chi connectivity index (χ2n) is 5.03. The van der Waals surface area contributed by atoms with Gasteiger partial charge in [0.1, 0.15) is 5.56 Å². The molecule has 0 atom stereocenters. The Kier molecular flexibility index (Phi) is 4.29. The molecule has 0 radical (unpaired) electrons. The van der Waals surface area contributed by atoms with E-state index in [1.807, 2.05) is 6.92 Å². The fourth-order valence-corrected chi connectivity index (χ4v) is 1.70. The molecule has 1 rings (SSSR count). The van der Waals surface area contributed by atoms with Crippen molar-refractivity contribution in [1.82, 2.24) is 9.88 Å². The minimum absolute atomic E-state index is 0.103. The normalized spacial score (nSPS) is 11.4. The molecule has 18 heavy (non-hydrogen) atoms. The SMILES string of the molecule is CCN(CC(C)(C)O)C(=O)c1c[nH]c(C)cc1=O. The molecule has 5 heteroatoms. The first-order valence-electron chi connectivity index (χ1n) is 5.95. The average Bonchev–Trinajstić information content (AvgIpc) is 2.24. The van der Waals surface area contributed by atoms with E-state index < -0.39 is 5.60 Å². The number of amides is 1. The van der Waals surface area contributed by atoms with E-state index >= 15 is 0 Å². The first-order chi connectivity index (χ1) is 8.24. The van der Waals surface area contributed by atoms with Gasteiger partial charge in [-0.3, -0.25) is 9.59 Å². The van der Waals surface area contributed by atoms with Crippen molar-refractivity contribution in [2.24, 2.45) is 0 Å². The van der Waals surface area contributed by atoms with Crippen molar-refractivity contribution in [2.45, 2.75) is 33.3 Å². The number of nitrogens with zero attached hydrogens (tertiary/aromatic N) is 1. The van der Waals surface area contributed by atoms with Crippen molar-refractivity contribution in [3.63, 3.8) is 0 Å². The molecule has 1 aromatic heterocycles. The highest BCUT2D eigenvalue weighted by atomic mass is 16.3. The van der Waals surface area contributed by atoms with E-state index in [1.54, 1.807) is 20.8 Å². The molecule has 1 aromatic rings. The minimum atomic E-state index is -0.983. The molecule has 0 unspecified atom stereocenters. The number of hydrogen-bond donors (Lipinski definition) is 2. The van der Waals surface area contributed by atoms with Crippen molar-refractivity contribution in [1.29, 1.82) is 0 Å². The van der Waals surface area contributed by atoms with Crippen LogP contribution in [0.4, 0.5) is 0 Å². The van der Waals surface area contributed by atoms with E-state index in [0.717, 1.165) is 0 Å². The number of aromatic nitrogens is 1. The summed E-state index contributed by atoms with van der Waals surface area (Å²) in [7, 11) is 0. The van der Waals surface area contributed by atoms with Gasteiger partial charge in [0.05, 0.1) is 5.60 Å². The highest BCUT2D eigenvalue weighted by Gasteiger charge is 2.23. The molecule has 0 aromatic carbocycles. The third-order valence-electron chi connectivity index (χ3n) is 2.53. The summed E-state index contributed by atoms with van der Waals surface area (Å²) < 4.78 is 0. The van der Waals surface area contributed by atoms with Crippen LogP contribution < -0.4 is 5.43 Å². The van der Waals surface area contributed by atoms with Gasteiger partial charge in [-0.2, -0.15) is 0 Å². The quantitative estimate of drug-likeness (QED) is 0.836. The van der Waals surface area contributed by atoms with E-state index in [0.29, 0.717) is 12.2 Å². The molecule has 0 saturated carbocycles. The summed E-state index contributed by atoms with van der Waals surface area (Å²) in [4.78, 5) is 28.2. The number of rotatable bonds is 4. The van der Waals surface area contributed by atoms with Crippen LogP contribution in [0, 0.1) is 6.92 Å². The Bertz CT molecular complexity index is 486. The molecule has 0 aliphatic carbocycles. The van der Waals surface area contributed by atoms with Gasteiger partial charge in [-0.1, -0.05) is 0 Å². The van der Waals surface area contributed by atoms with Crippen LogP contribution in [-0.2, 0) is 0 Å².